The maximum atomic E-state index is 12.7. The van der Waals surface area contributed by atoms with Crippen molar-refractivity contribution in [3.05, 3.63) is 45.7 Å². The molecule has 0 spiro atoms. The minimum atomic E-state index is -0.224. The first-order valence-corrected chi connectivity index (χ1v) is 9.29. The number of rotatable bonds is 3. The second-order valence-electron chi connectivity index (χ2n) is 6.56. The summed E-state index contributed by atoms with van der Waals surface area (Å²) in [4.78, 5) is 28.6. The molecule has 1 aromatic carbocycles. The number of aromatic amines is 1. The summed E-state index contributed by atoms with van der Waals surface area (Å²) in [5.74, 6) is -0.183. The van der Waals surface area contributed by atoms with Gasteiger partial charge in [0.25, 0.3) is 11.8 Å². The predicted octanol–water partition coefficient (Wildman–Crippen LogP) is 2.60. The molecule has 8 heteroatoms. The van der Waals surface area contributed by atoms with Crippen molar-refractivity contribution in [1.29, 1.82) is 0 Å². The van der Waals surface area contributed by atoms with Crippen LogP contribution in [-0.2, 0) is 0 Å². The fourth-order valence-corrected chi connectivity index (χ4v) is 3.76. The molecule has 2 amide bonds. The van der Waals surface area contributed by atoms with Crippen molar-refractivity contribution in [1.82, 2.24) is 20.0 Å². The van der Waals surface area contributed by atoms with Crippen LogP contribution in [0.5, 0.6) is 5.75 Å². The third-order valence-electron chi connectivity index (χ3n) is 4.50. The lowest BCUT2D eigenvalue weighted by atomic mass is 10.1. The maximum Gasteiger partial charge on any atom is 0.275 e. The monoisotopic (exact) mass is 420 g/mol. The highest BCUT2D eigenvalue weighted by Crippen LogP contribution is 2.27. The van der Waals surface area contributed by atoms with Crippen LogP contribution >= 0.6 is 15.9 Å². The summed E-state index contributed by atoms with van der Waals surface area (Å²) in [6.45, 7) is 5.73. The summed E-state index contributed by atoms with van der Waals surface area (Å²) in [5, 5.41) is 16.9. The Kier molecular flexibility index (Phi) is 5.31. The third kappa shape index (κ3) is 3.46. The van der Waals surface area contributed by atoms with Crippen LogP contribution < -0.4 is 0 Å². The highest BCUT2D eigenvalue weighted by Gasteiger charge is 2.29. The topological polar surface area (TPSA) is 89.5 Å². The molecule has 2 aromatic rings. The lowest BCUT2D eigenvalue weighted by Crippen LogP contribution is -2.50. The predicted molar refractivity (Wildman–Crippen MR) is 100 cm³/mol. The molecule has 2 N–H and O–H groups in total. The van der Waals surface area contributed by atoms with Crippen molar-refractivity contribution >= 4 is 27.7 Å². The largest absolute Gasteiger partial charge is 0.507 e. The van der Waals surface area contributed by atoms with Crippen LogP contribution in [0.15, 0.2) is 28.7 Å². The Labute approximate surface area is 160 Å². The van der Waals surface area contributed by atoms with E-state index in [1.807, 2.05) is 13.8 Å². The third-order valence-corrected chi connectivity index (χ3v) is 5.30. The van der Waals surface area contributed by atoms with E-state index in [0.717, 1.165) is 5.69 Å². The molecular weight excluding hydrogens is 400 g/mol. The zero-order valence-electron chi connectivity index (χ0n) is 14.7. The van der Waals surface area contributed by atoms with Gasteiger partial charge in [0.2, 0.25) is 0 Å². The van der Waals surface area contributed by atoms with Gasteiger partial charge in [-0.3, -0.25) is 14.7 Å². The van der Waals surface area contributed by atoms with E-state index in [4.69, 9.17) is 0 Å². The summed E-state index contributed by atoms with van der Waals surface area (Å²) in [6, 6.07) is 6.49. The van der Waals surface area contributed by atoms with E-state index in [1.165, 1.54) is 6.07 Å². The van der Waals surface area contributed by atoms with Gasteiger partial charge in [-0.25, -0.2) is 0 Å². The molecule has 1 fully saturated rings. The number of aromatic hydroxyl groups is 1. The number of para-hydroxylation sites is 1. The van der Waals surface area contributed by atoms with Crippen LogP contribution in [0.4, 0.5) is 0 Å². The van der Waals surface area contributed by atoms with E-state index >= 15 is 0 Å². The average molecular weight is 421 g/mol. The van der Waals surface area contributed by atoms with Crippen LogP contribution in [-0.4, -0.2) is 63.1 Å². The van der Waals surface area contributed by atoms with Gasteiger partial charge in [0.1, 0.15) is 5.75 Å². The normalized spacial score (nSPS) is 14.8. The number of hydrogen-bond acceptors (Lipinski definition) is 4. The van der Waals surface area contributed by atoms with E-state index < -0.39 is 0 Å². The second kappa shape index (κ2) is 7.49. The minimum absolute atomic E-state index is 0.0299. The Morgan fingerprint density at radius 2 is 1.69 bits per heavy atom. The van der Waals surface area contributed by atoms with E-state index in [0.29, 0.717) is 36.3 Å². The lowest BCUT2D eigenvalue weighted by Gasteiger charge is -2.34. The Balaban J connectivity index is 1.66. The number of phenolic OH excluding ortho intramolecular Hbond substituents is 1. The van der Waals surface area contributed by atoms with E-state index in [1.54, 1.807) is 28.0 Å². The second-order valence-corrected chi connectivity index (χ2v) is 7.35. The molecule has 0 atom stereocenters. The molecule has 1 saturated heterocycles. The van der Waals surface area contributed by atoms with Gasteiger partial charge in [-0.2, -0.15) is 5.10 Å². The summed E-state index contributed by atoms with van der Waals surface area (Å²) in [5.41, 5.74) is 1.54. The van der Waals surface area contributed by atoms with Crippen molar-refractivity contribution in [2.75, 3.05) is 26.2 Å². The van der Waals surface area contributed by atoms with Crippen molar-refractivity contribution in [2.24, 2.45) is 0 Å². The van der Waals surface area contributed by atoms with Gasteiger partial charge < -0.3 is 14.9 Å². The van der Waals surface area contributed by atoms with Gasteiger partial charge in [-0.15, -0.1) is 0 Å². The number of benzene rings is 1. The zero-order valence-corrected chi connectivity index (χ0v) is 16.3. The molecule has 3 rings (SSSR count). The molecule has 7 nitrogen and oxygen atoms in total. The quantitative estimate of drug-likeness (QED) is 0.798. The molecule has 2 heterocycles. The van der Waals surface area contributed by atoms with Gasteiger partial charge in [-0.05, 0) is 34.0 Å². The number of nitrogens with one attached hydrogen (secondary N) is 1. The number of nitrogens with zero attached hydrogens (tertiary/aromatic N) is 3. The molecule has 1 aromatic heterocycles. The average Bonchev–Trinajstić information content (AvgIpc) is 3.03. The molecule has 138 valence electrons. The minimum Gasteiger partial charge on any atom is -0.507 e. The van der Waals surface area contributed by atoms with Crippen LogP contribution in [0.1, 0.15) is 46.3 Å². The Morgan fingerprint density at radius 3 is 2.23 bits per heavy atom. The lowest BCUT2D eigenvalue weighted by molar-refractivity contribution is 0.0530. The van der Waals surface area contributed by atoms with Crippen LogP contribution in [0.2, 0.25) is 0 Å². The van der Waals surface area contributed by atoms with Gasteiger partial charge in [0, 0.05) is 26.2 Å². The zero-order chi connectivity index (χ0) is 18.8. The van der Waals surface area contributed by atoms with Gasteiger partial charge in [-0.1, -0.05) is 26.0 Å². The fourth-order valence-electron chi connectivity index (χ4n) is 2.95. The van der Waals surface area contributed by atoms with E-state index in [9.17, 15) is 14.7 Å². The Morgan fingerprint density at radius 1 is 1.12 bits per heavy atom. The first-order chi connectivity index (χ1) is 12.4. The number of aromatic nitrogens is 2. The van der Waals surface area contributed by atoms with Crippen molar-refractivity contribution in [3.63, 3.8) is 0 Å². The van der Waals surface area contributed by atoms with Crippen LogP contribution in [0.25, 0.3) is 0 Å². The summed E-state index contributed by atoms with van der Waals surface area (Å²) >= 11 is 3.46. The van der Waals surface area contributed by atoms with Crippen molar-refractivity contribution < 1.29 is 14.7 Å². The molecule has 0 unspecified atom stereocenters. The van der Waals surface area contributed by atoms with E-state index in [2.05, 4.69) is 26.1 Å². The maximum absolute atomic E-state index is 12.7. The van der Waals surface area contributed by atoms with E-state index in [-0.39, 0.29) is 29.0 Å². The highest BCUT2D eigenvalue weighted by atomic mass is 79.9. The first kappa shape index (κ1) is 18.4. The van der Waals surface area contributed by atoms with Gasteiger partial charge in [0.15, 0.2) is 5.69 Å². The highest BCUT2D eigenvalue weighted by molar-refractivity contribution is 9.10. The molecule has 0 bridgehead atoms. The number of halogens is 1. The Bertz CT molecular complexity index is 826. The molecule has 1 aliphatic rings. The number of carbonyl (C=O) groups is 2. The van der Waals surface area contributed by atoms with Crippen LogP contribution in [0, 0.1) is 0 Å². The van der Waals surface area contributed by atoms with Crippen molar-refractivity contribution in [3.8, 4) is 5.75 Å². The Hall–Kier alpha value is -2.35. The number of H-pyrrole nitrogens is 1. The molecule has 0 radical (unpaired) electrons. The van der Waals surface area contributed by atoms with Crippen LogP contribution in [0.3, 0.4) is 0 Å². The molecule has 0 aliphatic carbocycles. The molecule has 26 heavy (non-hydrogen) atoms. The molecule has 0 saturated carbocycles. The van der Waals surface area contributed by atoms with Gasteiger partial charge >= 0.3 is 0 Å². The number of amides is 2. The summed E-state index contributed by atoms with van der Waals surface area (Å²) < 4.78 is 0.699. The number of piperazine rings is 1. The molecule has 1 aliphatic heterocycles. The number of phenols is 1. The number of carbonyl (C=O) groups excluding carboxylic acids is 2. The summed E-state index contributed by atoms with van der Waals surface area (Å²) in [7, 11) is 0. The number of hydrogen-bond donors (Lipinski definition) is 2. The summed E-state index contributed by atoms with van der Waals surface area (Å²) in [6.07, 6.45) is 0. The molecular formula is C18H21BrN4O3. The SMILES string of the molecule is CC(C)c1[nH]nc(C(=O)N2CCN(C(=O)c3ccccc3O)CC2)c1Br. The van der Waals surface area contributed by atoms with Crippen molar-refractivity contribution in [2.45, 2.75) is 19.8 Å². The fraction of sp³-hybridized carbons (Fsp3) is 0.389. The first-order valence-electron chi connectivity index (χ1n) is 8.50. The van der Waals surface area contributed by atoms with Gasteiger partial charge in [0.05, 0.1) is 15.7 Å². The smallest absolute Gasteiger partial charge is 0.275 e. The standard InChI is InChI=1S/C18H21BrN4O3/c1-11(2)15-14(19)16(21-20-15)18(26)23-9-7-22(8-10-23)17(25)12-5-3-4-6-13(12)24/h3-6,11,24H,7-10H2,1-2H3,(H,20,21).